The van der Waals surface area contributed by atoms with E-state index >= 15 is 0 Å². The molecule has 1 unspecified atom stereocenters. The van der Waals surface area contributed by atoms with E-state index in [9.17, 15) is 0 Å². The monoisotopic (exact) mass is 268 g/mol. The lowest BCUT2D eigenvalue weighted by Crippen LogP contribution is -2.37. The summed E-state index contributed by atoms with van der Waals surface area (Å²) in [5, 5.41) is 3.66. The third-order valence-corrected chi connectivity index (χ3v) is 4.17. The first-order valence-electron chi connectivity index (χ1n) is 8.70. The van der Waals surface area contributed by atoms with Crippen molar-refractivity contribution in [1.82, 2.24) is 10.2 Å². The van der Waals surface area contributed by atoms with Crippen molar-refractivity contribution in [2.24, 2.45) is 0 Å². The van der Waals surface area contributed by atoms with E-state index in [0.717, 1.165) is 6.04 Å². The molecule has 1 fully saturated rings. The van der Waals surface area contributed by atoms with E-state index in [1.54, 1.807) is 0 Å². The second kappa shape index (κ2) is 10.7. The Morgan fingerprint density at radius 3 is 2.26 bits per heavy atom. The SMILES string of the molecule is CCCCCCCCCCN1CCC(NC(C)C)C1. The van der Waals surface area contributed by atoms with Crippen molar-refractivity contribution in [2.75, 3.05) is 19.6 Å². The predicted octanol–water partition coefficient (Wildman–Crippen LogP) is 4.20. The Bertz CT molecular complexity index is 203. The van der Waals surface area contributed by atoms with Crippen LogP contribution in [0.5, 0.6) is 0 Å². The molecule has 0 amide bonds. The van der Waals surface area contributed by atoms with E-state index in [2.05, 4.69) is 31.0 Å². The van der Waals surface area contributed by atoms with Gasteiger partial charge in [0.2, 0.25) is 0 Å². The van der Waals surface area contributed by atoms with Crippen LogP contribution in [0.2, 0.25) is 0 Å². The molecule has 0 saturated carbocycles. The Hall–Kier alpha value is -0.0800. The molecule has 0 bridgehead atoms. The van der Waals surface area contributed by atoms with Crippen LogP contribution in [0.3, 0.4) is 0 Å². The molecule has 1 aliphatic heterocycles. The molecule has 0 spiro atoms. The highest BCUT2D eigenvalue weighted by Crippen LogP contribution is 2.13. The molecule has 0 aromatic rings. The van der Waals surface area contributed by atoms with Crippen LogP contribution in [0.15, 0.2) is 0 Å². The lowest BCUT2D eigenvalue weighted by Gasteiger charge is -2.18. The molecule has 1 atom stereocenters. The maximum atomic E-state index is 3.66. The van der Waals surface area contributed by atoms with E-state index in [0.29, 0.717) is 6.04 Å². The zero-order chi connectivity index (χ0) is 13.9. The van der Waals surface area contributed by atoms with Crippen LogP contribution < -0.4 is 5.32 Å². The van der Waals surface area contributed by atoms with E-state index in [-0.39, 0.29) is 0 Å². The predicted molar refractivity (Wildman–Crippen MR) is 85.7 cm³/mol. The van der Waals surface area contributed by atoms with Crippen molar-refractivity contribution < 1.29 is 0 Å². The van der Waals surface area contributed by atoms with Gasteiger partial charge in [-0.1, -0.05) is 65.7 Å². The summed E-state index contributed by atoms with van der Waals surface area (Å²) in [5.41, 5.74) is 0. The minimum Gasteiger partial charge on any atom is -0.310 e. The molecule has 1 N–H and O–H groups in total. The lowest BCUT2D eigenvalue weighted by atomic mass is 10.1. The molecular weight excluding hydrogens is 232 g/mol. The van der Waals surface area contributed by atoms with Gasteiger partial charge in [0.25, 0.3) is 0 Å². The minimum absolute atomic E-state index is 0.632. The minimum atomic E-state index is 0.632. The molecule has 1 rings (SSSR count). The molecule has 0 aliphatic carbocycles. The second-order valence-corrected chi connectivity index (χ2v) is 6.58. The topological polar surface area (TPSA) is 15.3 Å². The smallest absolute Gasteiger partial charge is 0.0209 e. The number of likely N-dealkylation sites (tertiary alicyclic amines) is 1. The van der Waals surface area contributed by atoms with Crippen molar-refractivity contribution in [3.63, 3.8) is 0 Å². The number of hydrogen-bond acceptors (Lipinski definition) is 2. The third kappa shape index (κ3) is 8.65. The third-order valence-electron chi connectivity index (χ3n) is 4.17. The van der Waals surface area contributed by atoms with Gasteiger partial charge in [-0.15, -0.1) is 0 Å². The molecular formula is C17H36N2. The van der Waals surface area contributed by atoms with Crippen LogP contribution in [0.1, 0.15) is 78.6 Å². The number of nitrogens with zero attached hydrogens (tertiary/aromatic N) is 1. The lowest BCUT2D eigenvalue weighted by molar-refractivity contribution is 0.314. The zero-order valence-corrected chi connectivity index (χ0v) is 13.6. The van der Waals surface area contributed by atoms with E-state index in [1.165, 1.54) is 77.4 Å². The first-order chi connectivity index (χ1) is 9.22. The summed E-state index contributed by atoms with van der Waals surface area (Å²) in [4.78, 5) is 2.65. The van der Waals surface area contributed by atoms with Gasteiger partial charge in [-0.3, -0.25) is 0 Å². The Kier molecular flexibility index (Phi) is 9.54. The van der Waals surface area contributed by atoms with Gasteiger partial charge in [-0.2, -0.15) is 0 Å². The van der Waals surface area contributed by atoms with Crippen LogP contribution in [0, 0.1) is 0 Å². The van der Waals surface area contributed by atoms with Gasteiger partial charge in [0, 0.05) is 18.6 Å². The molecule has 2 nitrogen and oxygen atoms in total. The summed E-state index contributed by atoms with van der Waals surface area (Å²) in [5.74, 6) is 0. The van der Waals surface area contributed by atoms with E-state index in [1.807, 2.05) is 0 Å². The Morgan fingerprint density at radius 1 is 1.00 bits per heavy atom. The Balaban J connectivity index is 1.88. The summed E-state index contributed by atoms with van der Waals surface area (Å²) >= 11 is 0. The molecule has 114 valence electrons. The summed E-state index contributed by atoms with van der Waals surface area (Å²) in [6.07, 6.45) is 12.8. The molecule has 0 aromatic heterocycles. The van der Waals surface area contributed by atoms with Crippen molar-refractivity contribution in [2.45, 2.75) is 90.6 Å². The van der Waals surface area contributed by atoms with Crippen molar-refractivity contribution in [3.05, 3.63) is 0 Å². The molecule has 1 saturated heterocycles. The molecule has 1 heterocycles. The van der Waals surface area contributed by atoms with Crippen molar-refractivity contribution in [3.8, 4) is 0 Å². The zero-order valence-electron chi connectivity index (χ0n) is 13.6. The highest BCUT2D eigenvalue weighted by Gasteiger charge is 2.21. The Labute approximate surface area is 121 Å². The van der Waals surface area contributed by atoms with Gasteiger partial charge in [0.05, 0.1) is 0 Å². The van der Waals surface area contributed by atoms with Gasteiger partial charge in [0.15, 0.2) is 0 Å². The maximum absolute atomic E-state index is 3.66. The first-order valence-corrected chi connectivity index (χ1v) is 8.70. The van der Waals surface area contributed by atoms with Gasteiger partial charge >= 0.3 is 0 Å². The normalized spacial score (nSPS) is 20.5. The average Bonchev–Trinajstić information content (AvgIpc) is 2.79. The van der Waals surface area contributed by atoms with Gasteiger partial charge < -0.3 is 10.2 Å². The fourth-order valence-electron chi connectivity index (χ4n) is 3.11. The average molecular weight is 268 g/mol. The highest BCUT2D eigenvalue weighted by atomic mass is 15.2. The van der Waals surface area contributed by atoms with E-state index in [4.69, 9.17) is 0 Å². The molecule has 1 aliphatic rings. The first kappa shape index (κ1) is 17.0. The summed E-state index contributed by atoms with van der Waals surface area (Å²) in [6, 6.07) is 1.38. The Morgan fingerprint density at radius 2 is 1.63 bits per heavy atom. The molecule has 0 radical (unpaired) electrons. The van der Waals surface area contributed by atoms with Crippen LogP contribution in [-0.4, -0.2) is 36.6 Å². The molecule has 0 aromatic carbocycles. The van der Waals surface area contributed by atoms with E-state index < -0.39 is 0 Å². The summed E-state index contributed by atoms with van der Waals surface area (Å²) in [7, 11) is 0. The van der Waals surface area contributed by atoms with Crippen molar-refractivity contribution in [1.29, 1.82) is 0 Å². The second-order valence-electron chi connectivity index (χ2n) is 6.58. The van der Waals surface area contributed by atoms with Gasteiger partial charge in [-0.25, -0.2) is 0 Å². The largest absolute Gasteiger partial charge is 0.310 e. The highest BCUT2D eigenvalue weighted by molar-refractivity contribution is 4.81. The number of nitrogens with one attached hydrogen (secondary N) is 1. The van der Waals surface area contributed by atoms with Crippen LogP contribution in [0.4, 0.5) is 0 Å². The summed E-state index contributed by atoms with van der Waals surface area (Å²) < 4.78 is 0. The fraction of sp³-hybridized carbons (Fsp3) is 1.00. The maximum Gasteiger partial charge on any atom is 0.0209 e. The molecule has 2 heteroatoms. The number of unbranched alkanes of at least 4 members (excludes halogenated alkanes) is 7. The van der Waals surface area contributed by atoms with Crippen LogP contribution >= 0.6 is 0 Å². The quantitative estimate of drug-likeness (QED) is 0.565. The van der Waals surface area contributed by atoms with Crippen molar-refractivity contribution >= 4 is 0 Å². The summed E-state index contributed by atoms with van der Waals surface area (Å²) in [6.45, 7) is 10.7. The van der Waals surface area contributed by atoms with Crippen LogP contribution in [-0.2, 0) is 0 Å². The fourth-order valence-corrected chi connectivity index (χ4v) is 3.11. The standard InChI is InChI=1S/C17H36N2/c1-4-5-6-7-8-9-10-11-13-19-14-12-17(15-19)18-16(2)3/h16-18H,4-15H2,1-3H3. The van der Waals surface area contributed by atoms with Crippen LogP contribution in [0.25, 0.3) is 0 Å². The number of hydrogen-bond donors (Lipinski definition) is 1. The number of rotatable bonds is 11. The molecule has 19 heavy (non-hydrogen) atoms. The van der Waals surface area contributed by atoms with Gasteiger partial charge in [-0.05, 0) is 25.9 Å². The van der Waals surface area contributed by atoms with Gasteiger partial charge in [0.1, 0.15) is 0 Å².